The van der Waals surface area contributed by atoms with Crippen LogP contribution >= 0.6 is 0 Å². The van der Waals surface area contributed by atoms with Crippen LogP contribution in [0, 0.1) is 20.8 Å². The van der Waals surface area contributed by atoms with Crippen molar-refractivity contribution in [3.8, 4) is 11.5 Å². The van der Waals surface area contributed by atoms with Gasteiger partial charge >= 0.3 is 5.97 Å². The SMILES string of the molecule is CCC(=O)CCc1c(C)c(C)c(C)c(OCCCCC(=O)O)c1O. The molecule has 5 heteroatoms. The number of hydrogen-bond donors (Lipinski definition) is 2. The third-order valence-electron chi connectivity index (χ3n) is 4.50. The van der Waals surface area contributed by atoms with Crippen molar-refractivity contribution in [3.63, 3.8) is 0 Å². The van der Waals surface area contributed by atoms with E-state index in [1.54, 1.807) is 0 Å². The first-order valence-electron chi connectivity index (χ1n) is 8.47. The van der Waals surface area contributed by atoms with Crippen molar-refractivity contribution < 1.29 is 24.5 Å². The number of ether oxygens (including phenoxy) is 1. The minimum atomic E-state index is -0.817. The lowest BCUT2D eigenvalue weighted by Crippen LogP contribution is -2.06. The minimum absolute atomic E-state index is 0.109. The van der Waals surface area contributed by atoms with Crippen LogP contribution in [0.25, 0.3) is 0 Å². The molecular weight excluding hydrogens is 308 g/mol. The molecule has 24 heavy (non-hydrogen) atoms. The number of carbonyl (C=O) groups is 2. The first kappa shape index (κ1) is 20.0. The van der Waals surface area contributed by atoms with E-state index < -0.39 is 5.97 Å². The molecule has 0 aliphatic heterocycles. The molecule has 0 saturated carbocycles. The Kier molecular flexibility index (Phi) is 7.75. The standard InChI is InChI=1S/C19H28O5/c1-5-15(20)9-10-16-13(3)12(2)14(4)19(18(16)23)24-11-7-6-8-17(21)22/h23H,5-11H2,1-4H3,(H,21,22). The topological polar surface area (TPSA) is 83.8 Å². The first-order chi connectivity index (χ1) is 11.3. The number of ketones is 1. The van der Waals surface area contributed by atoms with E-state index in [-0.39, 0.29) is 18.0 Å². The summed E-state index contributed by atoms with van der Waals surface area (Å²) in [5.74, 6) is -0.0867. The van der Waals surface area contributed by atoms with Gasteiger partial charge < -0.3 is 14.9 Å². The highest BCUT2D eigenvalue weighted by molar-refractivity contribution is 5.78. The quantitative estimate of drug-likeness (QED) is 0.634. The van der Waals surface area contributed by atoms with E-state index in [1.807, 2.05) is 27.7 Å². The number of Topliss-reactive ketones (excluding diaryl/α,β-unsaturated/α-hetero) is 1. The van der Waals surface area contributed by atoms with Gasteiger partial charge in [0.15, 0.2) is 11.5 Å². The average molecular weight is 336 g/mol. The predicted octanol–water partition coefficient (Wildman–Crippen LogP) is 3.86. The summed E-state index contributed by atoms with van der Waals surface area (Å²) in [6, 6.07) is 0. The third kappa shape index (κ3) is 5.25. The summed E-state index contributed by atoms with van der Waals surface area (Å²) < 4.78 is 5.73. The maximum atomic E-state index is 11.6. The number of rotatable bonds is 10. The molecule has 0 radical (unpaired) electrons. The lowest BCUT2D eigenvalue weighted by molar-refractivity contribution is -0.137. The summed E-state index contributed by atoms with van der Waals surface area (Å²) in [4.78, 5) is 22.1. The van der Waals surface area contributed by atoms with Gasteiger partial charge in [-0.3, -0.25) is 9.59 Å². The molecule has 0 atom stereocenters. The van der Waals surface area contributed by atoms with Crippen molar-refractivity contribution in [1.82, 2.24) is 0 Å². The highest BCUT2D eigenvalue weighted by Gasteiger charge is 2.19. The van der Waals surface area contributed by atoms with Crippen LogP contribution in [0.2, 0.25) is 0 Å². The van der Waals surface area contributed by atoms with Crippen molar-refractivity contribution >= 4 is 11.8 Å². The Morgan fingerprint density at radius 3 is 2.25 bits per heavy atom. The Hall–Kier alpha value is -2.04. The molecule has 0 bridgehead atoms. The van der Waals surface area contributed by atoms with Gasteiger partial charge in [0.2, 0.25) is 0 Å². The Morgan fingerprint density at radius 2 is 1.67 bits per heavy atom. The fourth-order valence-electron chi connectivity index (χ4n) is 2.65. The molecule has 0 saturated heterocycles. The van der Waals surface area contributed by atoms with Crippen molar-refractivity contribution in [2.75, 3.05) is 6.61 Å². The van der Waals surface area contributed by atoms with Gasteiger partial charge in [-0.25, -0.2) is 0 Å². The molecule has 0 heterocycles. The van der Waals surface area contributed by atoms with Crippen LogP contribution in [0.5, 0.6) is 11.5 Å². The fourth-order valence-corrected chi connectivity index (χ4v) is 2.65. The van der Waals surface area contributed by atoms with E-state index in [1.165, 1.54) is 0 Å². The second-order valence-corrected chi connectivity index (χ2v) is 6.12. The van der Waals surface area contributed by atoms with Crippen molar-refractivity contribution in [3.05, 3.63) is 22.3 Å². The van der Waals surface area contributed by atoms with Gasteiger partial charge in [-0.15, -0.1) is 0 Å². The lowest BCUT2D eigenvalue weighted by Gasteiger charge is -2.19. The monoisotopic (exact) mass is 336 g/mol. The zero-order valence-electron chi connectivity index (χ0n) is 15.1. The van der Waals surface area contributed by atoms with Crippen LogP contribution in [-0.4, -0.2) is 28.6 Å². The Morgan fingerprint density at radius 1 is 1.00 bits per heavy atom. The molecule has 1 rings (SSSR count). The number of unbranched alkanes of at least 4 members (excludes halogenated alkanes) is 1. The maximum Gasteiger partial charge on any atom is 0.303 e. The summed E-state index contributed by atoms with van der Waals surface area (Å²) in [5.41, 5.74) is 3.69. The van der Waals surface area contributed by atoms with Gasteiger partial charge in [-0.2, -0.15) is 0 Å². The van der Waals surface area contributed by atoms with Gasteiger partial charge in [-0.05, 0) is 56.7 Å². The van der Waals surface area contributed by atoms with Gasteiger partial charge in [0, 0.05) is 24.8 Å². The predicted molar refractivity (Wildman–Crippen MR) is 92.9 cm³/mol. The van der Waals surface area contributed by atoms with Crippen molar-refractivity contribution in [1.29, 1.82) is 0 Å². The lowest BCUT2D eigenvalue weighted by atomic mass is 9.93. The Balaban J connectivity index is 2.89. The second kappa shape index (κ2) is 9.30. The molecule has 2 N–H and O–H groups in total. The number of phenolic OH excluding ortho intramolecular Hbond substituents is 1. The Bertz CT molecular complexity index is 605. The summed E-state index contributed by atoms with van der Waals surface area (Å²) in [6.45, 7) is 8.02. The van der Waals surface area contributed by atoms with E-state index in [0.717, 1.165) is 22.3 Å². The molecule has 0 aliphatic rings. The number of hydrogen-bond acceptors (Lipinski definition) is 4. The third-order valence-corrected chi connectivity index (χ3v) is 4.50. The number of aliphatic carboxylic acids is 1. The number of benzene rings is 1. The zero-order chi connectivity index (χ0) is 18.3. The molecule has 0 unspecified atom stereocenters. The Labute approximate surface area is 143 Å². The van der Waals surface area contributed by atoms with Crippen molar-refractivity contribution in [2.24, 2.45) is 0 Å². The number of carbonyl (C=O) groups excluding carboxylic acids is 1. The summed E-state index contributed by atoms with van der Waals surface area (Å²) >= 11 is 0. The summed E-state index contributed by atoms with van der Waals surface area (Å²) in [6.07, 6.45) is 2.68. The molecule has 1 aromatic carbocycles. The minimum Gasteiger partial charge on any atom is -0.504 e. The highest BCUT2D eigenvalue weighted by Crippen LogP contribution is 2.39. The number of carboxylic acids is 1. The molecule has 0 aromatic heterocycles. The molecular formula is C19H28O5. The van der Waals surface area contributed by atoms with Gasteiger partial charge in [0.05, 0.1) is 6.61 Å². The van der Waals surface area contributed by atoms with Crippen LogP contribution in [0.15, 0.2) is 0 Å². The second-order valence-electron chi connectivity index (χ2n) is 6.12. The molecule has 0 spiro atoms. The number of aromatic hydroxyl groups is 1. The molecule has 1 aromatic rings. The van der Waals surface area contributed by atoms with Crippen LogP contribution in [0.3, 0.4) is 0 Å². The van der Waals surface area contributed by atoms with Crippen LogP contribution in [0.1, 0.15) is 61.3 Å². The van der Waals surface area contributed by atoms with E-state index in [9.17, 15) is 14.7 Å². The summed E-state index contributed by atoms with van der Waals surface area (Å²) in [5, 5.41) is 19.2. The van der Waals surface area contributed by atoms with E-state index in [2.05, 4.69) is 0 Å². The number of phenols is 1. The van der Waals surface area contributed by atoms with E-state index in [4.69, 9.17) is 9.84 Å². The van der Waals surface area contributed by atoms with Crippen LogP contribution in [0.4, 0.5) is 0 Å². The molecule has 134 valence electrons. The van der Waals surface area contributed by atoms with Crippen LogP contribution in [-0.2, 0) is 16.0 Å². The zero-order valence-corrected chi connectivity index (χ0v) is 15.1. The van der Waals surface area contributed by atoms with E-state index in [0.29, 0.717) is 44.5 Å². The maximum absolute atomic E-state index is 11.6. The fraction of sp³-hybridized carbons (Fsp3) is 0.579. The molecule has 0 aliphatic carbocycles. The number of carboxylic acid groups (broad SMARTS) is 1. The molecule has 0 amide bonds. The highest BCUT2D eigenvalue weighted by atomic mass is 16.5. The van der Waals surface area contributed by atoms with Crippen molar-refractivity contribution in [2.45, 2.75) is 66.2 Å². The van der Waals surface area contributed by atoms with Gasteiger partial charge in [-0.1, -0.05) is 6.92 Å². The molecule has 5 nitrogen and oxygen atoms in total. The van der Waals surface area contributed by atoms with Gasteiger partial charge in [0.25, 0.3) is 0 Å². The van der Waals surface area contributed by atoms with E-state index >= 15 is 0 Å². The molecule has 0 fully saturated rings. The van der Waals surface area contributed by atoms with Crippen LogP contribution < -0.4 is 4.74 Å². The smallest absolute Gasteiger partial charge is 0.303 e. The summed E-state index contributed by atoms with van der Waals surface area (Å²) in [7, 11) is 0. The average Bonchev–Trinajstić information content (AvgIpc) is 2.54. The largest absolute Gasteiger partial charge is 0.504 e. The normalized spacial score (nSPS) is 10.7. The first-order valence-corrected chi connectivity index (χ1v) is 8.47. The van der Waals surface area contributed by atoms with Gasteiger partial charge in [0.1, 0.15) is 5.78 Å².